The number of carboxylic acid groups (broad SMARTS) is 1. The van der Waals surface area contributed by atoms with Gasteiger partial charge in [0.15, 0.2) is 6.61 Å². The van der Waals surface area contributed by atoms with Gasteiger partial charge in [0.05, 0.1) is 26.8 Å². The fourth-order valence-electron chi connectivity index (χ4n) is 2.23. The summed E-state index contributed by atoms with van der Waals surface area (Å²) in [5, 5.41) is 10.5. The SMILES string of the molecule is O=C(O)COc1ccc(S(=O)(=O)Nc2cccc(OCc3cscn3)c2)cc1Cl. The second-order valence-electron chi connectivity index (χ2n) is 5.68. The second-order valence-corrected chi connectivity index (χ2v) is 8.48. The summed E-state index contributed by atoms with van der Waals surface area (Å²) in [6.07, 6.45) is 0. The molecule has 3 aromatic rings. The zero-order valence-electron chi connectivity index (χ0n) is 14.7. The van der Waals surface area contributed by atoms with Crippen molar-refractivity contribution in [1.29, 1.82) is 0 Å². The molecule has 11 heteroatoms. The molecule has 0 saturated heterocycles. The highest BCUT2D eigenvalue weighted by Crippen LogP contribution is 2.29. The molecule has 1 aromatic heterocycles. The molecule has 0 atom stereocenters. The van der Waals surface area contributed by atoms with Gasteiger partial charge in [-0.1, -0.05) is 17.7 Å². The number of carboxylic acids is 1. The Morgan fingerprint density at radius 3 is 2.72 bits per heavy atom. The maximum Gasteiger partial charge on any atom is 0.341 e. The van der Waals surface area contributed by atoms with Gasteiger partial charge in [-0.25, -0.2) is 18.2 Å². The number of carbonyl (C=O) groups is 1. The number of aromatic nitrogens is 1. The number of thiazole rings is 1. The normalized spacial score (nSPS) is 11.1. The van der Waals surface area contributed by atoms with Crippen LogP contribution in [-0.4, -0.2) is 31.1 Å². The van der Waals surface area contributed by atoms with Crippen molar-refractivity contribution in [3.05, 3.63) is 64.1 Å². The fourth-order valence-corrected chi connectivity index (χ4v) is 4.15. The zero-order chi connectivity index (χ0) is 20.9. The van der Waals surface area contributed by atoms with E-state index < -0.39 is 22.6 Å². The highest BCUT2D eigenvalue weighted by atomic mass is 35.5. The number of benzene rings is 2. The predicted octanol–water partition coefficient (Wildman–Crippen LogP) is 3.64. The Morgan fingerprint density at radius 2 is 2.03 bits per heavy atom. The summed E-state index contributed by atoms with van der Waals surface area (Å²) in [6.45, 7) is -0.315. The van der Waals surface area contributed by atoms with Crippen molar-refractivity contribution in [3.63, 3.8) is 0 Å². The van der Waals surface area contributed by atoms with E-state index in [9.17, 15) is 13.2 Å². The Labute approximate surface area is 175 Å². The summed E-state index contributed by atoms with van der Waals surface area (Å²) in [6, 6.07) is 10.2. The summed E-state index contributed by atoms with van der Waals surface area (Å²) >= 11 is 7.46. The Hall–Kier alpha value is -2.82. The third-order valence-electron chi connectivity index (χ3n) is 3.52. The van der Waals surface area contributed by atoms with Crippen molar-refractivity contribution in [3.8, 4) is 11.5 Å². The first kappa shape index (κ1) is 20.9. The molecule has 2 N–H and O–H groups in total. The average molecular weight is 455 g/mol. The predicted molar refractivity (Wildman–Crippen MR) is 108 cm³/mol. The lowest BCUT2D eigenvalue weighted by Gasteiger charge is -2.12. The van der Waals surface area contributed by atoms with Gasteiger partial charge in [-0.15, -0.1) is 11.3 Å². The maximum absolute atomic E-state index is 12.6. The van der Waals surface area contributed by atoms with E-state index in [0.29, 0.717) is 11.4 Å². The van der Waals surface area contributed by atoms with Crippen LogP contribution in [0.2, 0.25) is 5.02 Å². The number of sulfonamides is 1. The monoisotopic (exact) mass is 454 g/mol. The molecule has 1 heterocycles. The topological polar surface area (TPSA) is 115 Å². The van der Waals surface area contributed by atoms with Crippen molar-refractivity contribution in [2.45, 2.75) is 11.5 Å². The van der Waals surface area contributed by atoms with E-state index in [0.717, 1.165) is 5.69 Å². The van der Waals surface area contributed by atoms with Crippen molar-refractivity contribution in [1.82, 2.24) is 4.98 Å². The molecular weight excluding hydrogens is 440 g/mol. The number of aliphatic carboxylic acids is 1. The van der Waals surface area contributed by atoms with Gasteiger partial charge in [-0.2, -0.15) is 0 Å². The smallest absolute Gasteiger partial charge is 0.341 e. The van der Waals surface area contributed by atoms with Gasteiger partial charge < -0.3 is 14.6 Å². The van der Waals surface area contributed by atoms with Gasteiger partial charge in [0, 0.05) is 11.4 Å². The van der Waals surface area contributed by atoms with Crippen molar-refractivity contribution in [2.24, 2.45) is 0 Å². The number of halogens is 1. The van der Waals surface area contributed by atoms with Crippen LogP contribution in [0.15, 0.2) is 58.3 Å². The van der Waals surface area contributed by atoms with Crippen LogP contribution in [0, 0.1) is 0 Å². The number of hydrogen-bond acceptors (Lipinski definition) is 7. The number of nitrogens with one attached hydrogen (secondary N) is 1. The van der Waals surface area contributed by atoms with Gasteiger partial charge in [0.1, 0.15) is 18.1 Å². The molecule has 0 bridgehead atoms. The van der Waals surface area contributed by atoms with Crippen LogP contribution in [-0.2, 0) is 21.4 Å². The number of rotatable bonds is 9. The van der Waals surface area contributed by atoms with Crippen LogP contribution in [0.1, 0.15) is 5.69 Å². The first-order valence-electron chi connectivity index (χ1n) is 8.10. The Bertz CT molecular complexity index is 1100. The maximum atomic E-state index is 12.6. The van der Waals surface area contributed by atoms with Gasteiger partial charge in [0.25, 0.3) is 10.0 Å². The highest BCUT2D eigenvalue weighted by molar-refractivity contribution is 7.92. The first-order valence-corrected chi connectivity index (χ1v) is 10.9. The third kappa shape index (κ3) is 5.83. The highest BCUT2D eigenvalue weighted by Gasteiger charge is 2.17. The van der Waals surface area contributed by atoms with Crippen LogP contribution in [0.4, 0.5) is 5.69 Å². The lowest BCUT2D eigenvalue weighted by atomic mass is 10.3. The zero-order valence-corrected chi connectivity index (χ0v) is 17.1. The second kappa shape index (κ2) is 9.12. The Kier molecular flexibility index (Phi) is 6.57. The summed E-state index contributed by atoms with van der Waals surface area (Å²) < 4.78 is 38.3. The number of ether oxygens (including phenoxy) is 2. The standard InChI is InChI=1S/C18H15ClN2O6S2/c19-16-7-15(4-5-17(16)27-9-18(22)23)29(24,25)21-12-2-1-3-14(6-12)26-8-13-10-28-11-20-13/h1-7,10-11,21H,8-9H2,(H,22,23). The number of nitrogens with zero attached hydrogens (tertiary/aromatic N) is 1. The molecule has 0 aliphatic heterocycles. The van der Waals surface area contributed by atoms with Crippen LogP contribution < -0.4 is 14.2 Å². The lowest BCUT2D eigenvalue weighted by Crippen LogP contribution is -2.13. The first-order chi connectivity index (χ1) is 13.8. The lowest BCUT2D eigenvalue weighted by molar-refractivity contribution is -0.139. The van der Waals surface area contributed by atoms with Crippen molar-refractivity contribution in [2.75, 3.05) is 11.3 Å². The molecule has 0 aliphatic carbocycles. The third-order valence-corrected chi connectivity index (χ3v) is 5.83. The Morgan fingerprint density at radius 1 is 1.21 bits per heavy atom. The molecule has 0 fully saturated rings. The van der Waals surface area contributed by atoms with Gasteiger partial charge >= 0.3 is 5.97 Å². The summed E-state index contributed by atoms with van der Waals surface area (Å²) in [4.78, 5) is 14.6. The summed E-state index contributed by atoms with van der Waals surface area (Å²) in [7, 11) is -3.93. The summed E-state index contributed by atoms with van der Waals surface area (Å²) in [5.41, 5.74) is 2.79. The van der Waals surface area contributed by atoms with E-state index in [-0.39, 0.29) is 22.3 Å². The molecule has 8 nitrogen and oxygen atoms in total. The fraction of sp³-hybridized carbons (Fsp3) is 0.111. The van der Waals surface area contributed by atoms with Gasteiger partial charge in [-0.05, 0) is 30.3 Å². The molecule has 0 aliphatic rings. The van der Waals surface area contributed by atoms with E-state index in [1.807, 2.05) is 5.38 Å². The van der Waals surface area contributed by atoms with E-state index in [2.05, 4.69) is 9.71 Å². The molecule has 3 rings (SSSR count). The van der Waals surface area contributed by atoms with Crippen molar-refractivity contribution < 1.29 is 27.8 Å². The molecule has 0 radical (unpaired) electrons. The quantitative estimate of drug-likeness (QED) is 0.507. The molecule has 0 spiro atoms. The minimum atomic E-state index is -3.93. The largest absolute Gasteiger partial charge is 0.487 e. The molecule has 0 unspecified atom stereocenters. The van der Waals surface area contributed by atoms with Gasteiger partial charge in [0.2, 0.25) is 0 Å². The van der Waals surface area contributed by atoms with E-state index >= 15 is 0 Å². The number of anilines is 1. The molecule has 2 aromatic carbocycles. The molecule has 0 amide bonds. The Balaban J connectivity index is 1.71. The van der Waals surface area contributed by atoms with Crippen LogP contribution >= 0.6 is 22.9 Å². The minimum absolute atomic E-state index is 0.0190. The van der Waals surface area contributed by atoms with Crippen LogP contribution in [0.3, 0.4) is 0 Å². The summed E-state index contributed by atoms with van der Waals surface area (Å²) in [5.74, 6) is -0.615. The van der Waals surface area contributed by atoms with E-state index in [1.54, 1.807) is 29.8 Å². The minimum Gasteiger partial charge on any atom is -0.487 e. The number of hydrogen-bond donors (Lipinski definition) is 2. The molecule has 152 valence electrons. The van der Waals surface area contributed by atoms with Gasteiger partial charge in [-0.3, -0.25) is 4.72 Å². The van der Waals surface area contributed by atoms with Crippen molar-refractivity contribution >= 4 is 44.6 Å². The van der Waals surface area contributed by atoms with E-state index in [1.165, 1.54) is 29.5 Å². The molecular formula is C18H15ClN2O6S2. The molecule has 29 heavy (non-hydrogen) atoms. The van der Waals surface area contributed by atoms with Crippen LogP contribution in [0.5, 0.6) is 11.5 Å². The van der Waals surface area contributed by atoms with E-state index in [4.69, 9.17) is 26.2 Å². The van der Waals surface area contributed by atoms with Crippen LogP contribution in [0.25, 0.3) is 0 Å². The molecule has 0 saturated carbocycles. The average Bonchev–Trinajstić information content (AvgIpc) is 3.19.